The summed E-state index contributed by atoms with van der Waals surface area (Å²) in [5, 5.41) is 11.2. The highest BCUT2D eigenvalue weighted by Gasteiger charge is 2.05. The van der Waals surface area contributed by atoms with Gasteiger partial charge in [-0.25, -0.2) is 0 Å². The van der Waals surface area contributed by atoms with E-state index in [9.17, 15) is 5.11 Å². The average Bonchev–Trinajstić information content (AvgIpc) is 2.34. The molecule has 0 saturated carbocycles. The average molecular weight is 177 g/mol. The summed E-state index contributed by atoms with van der Waals surface area (Å²) in [6.45, 7) is 2.01. The molecule has 0 amide bonds. The van der Waals surface area contributed by atoms with Crippen LogP contribution in [0.2, 0.25) is 0 Å². The predicted octanol–water partition coefficient (Wildman–Crippen LogP) is 2.33. The van der Waals surface area contributed by atoms with E-state index in [1.165, 1.54) is 4.88 Å². The van der Waals surface area contributed by atoms with Crippen molar-refractivity contribution >= 4 is 22.9 Å². The molecule has 1 N–H and O–H groups in total. The van der Waals surface area contributed by atoms with Gasteiger partial charge >= 0.3 is 0 Å². The molecule has 56 valence electrons. The molecule has 10 heavy (non-hydrogen) atoms. The van der Waals surface area contributed by atoms with E-state index in [2.05, 4.69) is 0 Å². The van der Waals surface area contributed by atoms with Gasteiger partial charge in [-0.05, 0) is 23.9 Å². The molecule has 0 aliphatic carbocycles. The van der Waals surface area contributed by atoms with E-state index in [0.717, 1.165) is 5.56 Å². The summed E-state index contributed by atoms with van der Waals surface area (Å²) in [7, 11) is 0. The number of hydrogen-bond donors (Lipinski definition) is 1. The number of halogens is 1. The molecule has 1 heterocycles. The Morgan fingerprint density at radius 2 is 2.50 bits per heavy atom. The number of aliphatic hydroxyl groups excluding tert-OH is 1. The topological polar surface area (TPSA) is 20.2 Å². The summed E-state index contributed by atoms with van der Waals surface area (Å²) < 4.78 is 0. The van der Waals surface area contributed by atoms with Crippen molar-refractivity contribution in [2.45, 2.75) is 13.0 Å². The van der Waals surface area contributed by atoms with Crippen LogP contribution >= 0.6 is 22.9 Å². The van der Waals surface area contributed by atoms with Crippen molar-refractivity contribution in [3.8, 4) is 0 Å². The Hall–Kier alpha value is -0.0500. The highest BCUT2D eigenvalue weighted by atomic mass is 35.5. The summed E-state index contributed by atoms with van der Waals surface area (Å²) in [6.07, 6.45) is -0.494. The Kier molecular flexibility index (Phi) is 2.72. The molecule has 0 aliphatic heterocycles. The molecule has 0 saturated heterocycles. The summed E-state index contributed by atoms with van der Waals surface area (Å²) >= 11 is 7.08. The van der Waals surface area contributed by atoms with Gasteiger partial charge in [0.15, 0.2) is 0 Å². The first-order chi connectivity index (χ1) is 4.74. The molecule has 0 aromatic carbocycles. The molecule has 1 rings (SSSR count). The highest BCUT2D eigenvalue weighted by molar-refractivity contribution is 7.10. The van der Waals surface area contributed by atoms with Gasteiger partial charge in [0.05, 0.1) is 12.0 Å². The van der Waals surface area contributed by atoms with Crippen LogP contribution in [-0.2, 0) is 0 Å². The van der Waals surface area contributed by atoms with Crippen LogP contribution in [0.5, 0.6) is 0 Å². The van der Waals surface area contributed by atoms with E-state index in [-0.39, 0.29) is 5.88 Å². The van der Waals surface area contributed by atoms with Crippen molar-refractivity contribution in [2.75, 3.05) is 5.88 Å². The van der Waals surface area contributed by atoms with Gasteiger partial charge in [0.2, 0.25) is 0 Å². The molecule has 0 bridgehead atoms. The van der Waals surface area contributed by atoms with Crippen LogP contribution < -0.4 is 0 Å². The minimum absolute atomic E-state index is 0.274. The van der Waals surface area contributed by atoms with Crippen LogP contribution in [0.25, 0.3) is 0 Å². The number of hydrogen-bond acceptors (Lipinski definition) is 2. The Bertz CT molecular complexity index is 209. The third-order valence-corrected chi connectivity index (χ3v) is 2.45. The third-order valence-electron chi connectivity index (χ3n) is 1.28. The molecule has 0 spiro atoms. The number of rotatable bonds is 2. The smallest absolute Gasteiger partial charge is 0.0933 e. The van der Waals surface area contributed by atoms with Crippen LogP contribution in [0.1, 0.15) is 16.5 Å². The van der Waals surface area contributed by atoms with Gasteiger partial charge in [-0.3, -0.25) is 0 Å². The van der Waals surface area contributed by atoms with E-state index in [0.29, 0.717) is 0 Å². The molecule has 0 fully saturated rings. The van der Waals surface area contributed by atoms with E-state index in [1.807, 2.05) is 18.4 Å². The van der Waals surface area contributed by atoms with Gasteiger partial charge in [0.1, 0.15) is 0 Å². The second-order valence-electron chi connectivity index (χ2n) is 2.16. The minimum atomic E-state index is -0.494. The van der Waals surface area contributed by atoms with Gasteiger partial charge in [0.25, 0.3) is 0 Å². The van der Waals surface area contributed by atoms with Crippen molar-refractivity contribution in [1.82, 2.24) is 0 Å². The molecule has 3 heteroatoms. The standard InChI is InChI=1S/C7H9ClOS/c1-5-2-6(4-10-5)7(9)3-8/h2,4,7,9H,3H2,1H3/t7-/m1/s1. The fraction of sp³-hybridized carbons (Fsp3) is 0.429. The first-order valence-electron chi connectivity index (χ1n) is 3.03. The lowest BCUT2D eigenvalue weighted by molar-refractivity contribution is 0.203. The van der Waals surface area contributed by atoms with Crippen molar-refractivity contribution in [2.24, 2.45) is 0 Å². The molecule has 0 unspecified atom stereocenters. The zero-order valence-corrected chi connectivity index (χ0v) is 7.25. The van der Waals surface area contributed by atoms with Crippen LogP contribution in [0.4, 0.5) is 0 Å². The first-order valence-corrected chi connectivity index (χ1v) is 4.44. The largest absolute Gasteiger partial charge is 0.387 e. The van der Waals surface area contributed by atoms with Crippen molar-refractivity contribution in [3.63, 3.8) is 0 Å². The number of aliphatic hydroxyl groups is 1. The van der Waals surface area contributed by atoms with E-state index in [4.69, 9.17) is 11.6 Å². The maximum Gasteiger partial charge on any atom is 0.0933 e. The quantitative estimate of drug-likeness (QED) is 0.686. The summed E-state index contributed by atoms with van der Waals surface area (Å²) in [5.74, 6) is 0.274. The summed E-state index contributed by atoms with van der Waals surface area (Å²) in [5.41, 5.74) is 0.928. The molecular weight excluding hydrogens is 168 g/mol. The number of aryl methyl sites for hydroxylation is 1. The van der Waals surface area contributed by atoms with Gasteiger partial charge < -0.3 is 5.11 Å². The van der Waals surface area contributed by atoms with Gasteiger partial charge in [0, 0.05) is 4.88 Å². The van der Waals surface area contributed by atoms with Crippen LogP contribution in [0, 0.1) is 6.92 Å². The Morgan fingerprint density at radius 1 is 1.80 bits per heavy atom. The lowest BCUT2D eigenvalue weighted by atomic mass is 10.2. The summed E-state index contributed by atoms with van der Waals surface area (Å²) in [4.78, 5) is 1.21. The maximum absolute atomic E-state index is 9.22. The van der Waals surface area contributed by atoms with Crippen molar-refractivity contribution in [3.05, 3.63) is 21.9 Å². The Labute approximate surface area is 69.3 Å². The van der Waals surface area contributed by atoms with Crippen LogP contribution in [0.3, 0.4) is 0 Å². The number of thiophene rings is 1. The van der Waals surface area contributed by atoms with Crippen molar-refractivity contribution < 1.29 is 5.11 Å². The molecule has 1 aromatic heterocycles. The second-order valence-corrected chi connectivity index (χ2v) is 3.58. The van der Waals surface area contributed by atoms with Gasteiger partial charge in [-0.1, -0.05) is 0 Å². The maximum atomic E-state index is 9.22. The minimum Gasteiger partial charge on any atom is -0.387 e. The highest BCUT2D eigenvalue weighted by Crippen LogP contribution is 2.20. The molecule has 1 nitrogen and oxygen atoms in total. The lowest BCUT2D eigenvalue weighted by Crippen LogP contribution is -1.95. The Morgan fingerprint density at radius 3 is 2.90 bits per heavy atom. The Balaban J connectivity index is 2.74. The fourth-order valence-corrected chi connectivity index (χ4v) is 1.66. The summed E-state index contributed by atoms with van der Waals surface area (Å²) in [6, 6.07) is 1.96. The van der Waals surface area contributed by atoms with E-state index in [1.54, 1.807) is 11.3 Å². The van der Waals surface area contributed by atoms with E-state index >= 15 is 0 Å². The third kappa shape index (κ3) is 1.72. The molecule has 1 atom stereocenters. The lowest BCUT2D eigenvalue weighted by Gasteiger charge is -2.00. The zero-order valence-electron chi connectivity index (χ0n) is 5.67. The van der Waals surface area contributed by atoms with Crippen molar-refractivity contribution in [1.29, 1.82) is 0 Å². The second kappa shape index (κ2) is 3.37. The van der Waals surface area contributed by atoms with Gasteiger partial charge in [-0.2, -0.15) is 0 Å². The molecular formula is C7H9ClOS. The van der Waals surface area contributed by atoms with Crippen LogP contribution in [-0.4, -0.2) is 11.0 Å². The predicted molar refractivity (Wildman–Crippen MR) is 44.7 cm³/mol. The number of alkyl halides is 1. The fourth-order valence-electron chi connectivity index (χ4n) is 0.728. The zero-order chi connectivity index (χ0) is 7.56. The SMILES string of the molecule is Cc1cc([C@H](O)CCl)cs1. The molecule has 0 radical (unpaired) electrons. The van der Waals surface area contributed by atoms with Gasteiger partial charge in [-0.15, -0.1) is 22.9 Å². The monoisotopic (exact) mass is 176 g/mol. The normalized spacial score (nSPS) is 13.5. The van der Waals surface area contributed by atoms with E-state index < -0.39 is 6.10 Å². The van der Waals surface area contributed by atoms with Crippen LogP contribution in [0.15, 0.2) is 11.4 Å². The first kappa shape index (κ1) is 8.05. The molecule has 0 aliphatic rings. The molecule has 1 aromatic rings.